The first-order valence-corrected chi connectivity index (χ1v) is 14.5. The Kier molecular flexibility index (Phi) is 5.43. The highest BCUT2D eigenvalue weighted by Crippen LogP contribution is 2.53. The molecule has 7 nitrogen and oxygen atoms in total. The molecule has 2 bridgehead atoms. The molecule has 2 N–H and O–H groups in total. The summed E-state index contributed by atoms with van der Waals surface area (Å²) < 4.78 is 1.90. The van der Waals surface area contributed by atoms with Crippen LogP contribution in [0.25, 0.3) is 27.1 Å². The van der Waals surface area contributed by atoms with Crippen LogP contribution in [-0.4, -0.2) is 42.1 Å². The van der Waals surface area contributed by atoms with Gasteiger partial charge in [-0.1, -0.05) is 19.9 Å². The fourth-order valence-corrected chi connectivity index (χ4v) is 8.64. The van der Waals surface area contributed by atoms with Crippen LogP contribution in [-0.2, 0) is 6.54 Å². The maximum atomic E-state index is 12.2. The van der Waals surface area contributed by atoms with E-state index in [-0.39, 0.29) is 5.56 Å². The van der Waals surface area contributed by atoms with Crippen molar-refractivity contribution in [2.75, 3.05) is 6.54 Å². The second-order valence-electron chi connectivity index (χ2n) is 11.6. The van der Waals surface area contributed by atoms with Crippen molar-refractivity contribution in [2.45, 2.75) is 71.9 Å². The van der Waals surface area contributed by atoms with Gasteiger partial charge in [-0.2, -0.15) is 5.10 Å². The molecule has 38 heavy (non-hydrogen) atoms. The number of pyridine rings is 2. The van der Waals surface area contributed by atoms with Crippen molar-refractivity contribution in [1.29, 1.82) is 0 Å². The number of hydrogen-bond donors (Lipinski definition) is 2. The van der Waals surface area contributed by atoms with Crippen LogP contribution >= 0.6 is 11.3 Å². The molecule has 1 aliphatic carbocycles. The molecule has 2 aliphatic rings. The first-order chi connectivity index (χ1) is 18.3. The summed E-state index contributed by atoms with van der Waals surface area (Å²) in [6, 6.07) is 4.45. The lowest BCUT2D eigenvalue weighted by molar-refractivity contribution is 0.192. The number of aromatic nitrogens is 5. The number of fused-ring (bicyclic) bond motifs is 4. The molecule has 3 atom stereocenters. The summed E-state index contributed by atoms with van der Waals surface area (Å²) in [4.78, 5) is 28.8. The van der Waals surface area contributed by atoms with Crippen molar-refractivity contribution in [3.63, 3.8) is 0 Å². The molecule has 196 valence electrons. The Hall–Kier alpha value is -3.23. The van der Waals surface area contributed by atoms with Crippen LogP contribution in [0, 0.1) is 26.7 Å². The van der Waals surface area contributed by atoms with Crippen molar-refractivity contribution >= 4 is 27.2 Å². The van der Waals surface area contributed by atoms with E-state index in [9.17, 15) is 4.79 Å². The predicted octanol–water partition coefficient (Wildman–Crippen LogP) is 6.05. The maximum Gasteiger partial charge on any atom is 0.252 e. The van der Waals surface area contributed by atoms with Gasteiger partial charge in [-0.15, -0.1) is 11.3 Å². The van der Waals surface area contributed by atoms with Gasteiger partial charge in [-0.25, -0.2) is 9.50 Å². The Morgan fingerprint density at radius 2 is 2.00 bits per heavy atom. The molecule has 0 amide bonds. The number of aryl methyl sites for hydroxylation is 2. The van der Waals surface area contributed by atoms with Crippen LogP contribution in [0.15, 0.2) is 35.6 Å². The van der Waals surface area contributed by atoms with Gasteiger partial charge in [0.05, 0.1) is 5.69 Å². The van der Waals surface area contributed by atoms with E-state index in [4.69, 9.17) is 0 Å². The van der Waals surface area contributed by atoms with E-state index in [1.54, 1.807) is 17.4 Å². The van der Waals surface area contributed by atoms with Crippen molar-refractivity contribution in [3.8, 4) is 11.3 Å². The number of H-pyrrole nitrogens is 2. The summed E-state index contributed by atoms with van der Waals surface area (Å²) >= 11 is 1.97. The highest BCUT2D eigenvalue weighted by molar-refractivity contribution is 7.19. The maximum absolute atomic E-state index is 12.2. The monoisotopic (exact) mass is 526 g/mol. The van der Waals surface area contributed by atoms with E-state index < -0.39 is 0 Å². The molecule has 0 radical (unpaired) electrons. The van der Waals surface area contributed by atoms with Gasteiger partial charge in [0.25, 0.3) is 5.56 Å². The number of piperidine rings is 1. The highest BCUT2D eigenvalue weighted by Gasteiger charge is 2.46. The lowest BCUT2D eigenvalue weighted by atomic mass is 9.88. The van der Waals surface area contributed by atoms with Crippen LogP contribution in [0.1, 0.15) is 71.2 Å². The summed E-state index contributed by atoms with van der Waals surface area (Å²) in [5.41, 5.74) is 9.57. The van der Waals surface area contributed by atoms with Crippen LogP contribution in [0.3, 0.4) is 0 Å². The average Bonchev–Trinajstić information content (AvgIpc) is 3.70. The molecule has 5 aromatic heterocycles. The molecule has 0 aromatic carbocycles. The van der Waals surface area contributed by atoms with Gasteiger partial charge in [0.15, 0.2) is 5.65 Å². The lowest BCUT2D eigenvalue weighted by Crippen LogP contribution is -2.35. The van der Waals surface area contributed by atoms with Gasteiger partial charge in [-0.3, -0.25) is 9.69 Å². The first kappa shape index (κ1) is 23.9. The summed E-state index contributed by atoms with van der Waals surface area (Å²) in [6.45, 7) is 13.1. The molecule has 1 aliphatic heterocycles. The number of aromatic amines is 2. The van der Waals surface area contributed by atoms with Gasteiger partial charge in [0, 0.05) is 52.9 Å². The minimum atomic E-state index is 0.0422. The second-order valence-corrected chi connectivity index (χ2v) is 12.7. The molecule has 5 aromatic rings. The molecular weight excluding hydrogens is 492 g/mol. The molecule has 1 saturated carbocycles. The minimum absolute atomic E-state index is 0.0422. The van der Waals surface area contributed by atoms with Gasteiger partial charge < -0.3 is 9.97 Å². The average molecular weight is 527 g/mol. The Labute approximate surface area is 225 Å². The largest absolute Gasteiger partial charge is 0.346 e. The summed E-state index contributed by atoms with van der Waals surface area (Å²) in [5.74, 6) is 1.66. The second kappa shape index (κ2) is 8.64. The van der Waals surface area contributed by atoms with Gasteiger partial charge >= 0.3 is 0 Å². The standard InChI is InChI=1S/C30H34N6OS/c1-15(2)24-25-18(5)27(22-10-21-9-20(22)12-35(21)11-19-7-6-8-31-29(19)37)38-30(25)34-26(24)23-13-36-28(32-14-33-36)17(4)16(23)3/h6-8,13-15,20-22,34H,9-12H2,1-5H3,(H,31,37)/t20?,21?,22-/m1/s1. The lowest BCUT2D eigenvalue weighted by Gasteiger charge is -2.31. The Bertz CT molecular complexity index is 1750. The van der Waals surface area contributed by atoms with Gasteiger partial charge in [0.1, 0.15) is 11.2 Å². The Morgan fingerprint density at radius 3 is 2.74 bits per heavy atom. The number of rotatable bonds is 5. The normalized spacial score (nSPS) is 21.6. The summed E-state index contributed by atoms with van der Waals surface area (Å²) in [7, 11) is 0. The Balaban J connectivity index is 1.24. The molecule has 2 unspecified atom stereocenters. The van der Waals surface area contributed by atoms with Crippen molar-refractivity contribution < 1.29 is 0 Å². The number of nitrogens with zero attached hydrogens (tertiary/aromatic N) is 4. The molecule has 7 rings (SSSR count). The van der Waals surface area contributed by atoms with E-state index in [1.807, 2.05) is 28.0 Å². The van der Waals surface area contributed by atoms with Crippen LogP contribution in [0.5, 0.6) is 0 Å². The number of likely N-dealkylation sites (tertiary alicyclic amines) is 1. The number of thiophene rings is 1. The minimum Gasteiger partial charge on any atom is -0.346 e. The quantitative estimate of drug-likeness (QED) is 0.292. The summed E-state index contributed by atoms with van der Waals surface area (Å²) in [6.07, 6.45) is 7.90. The van der Waals surface area contributed by atoms with Crippen LogP contribution in [0.4, 0.5) is 0 Å². The van der Waals surface area contributed by atoms with Crippen LogP contribution in [0.2, 0.25) is 0 Å². The predicted molar refractivity (Wildman–Crippen MR) is 153 cm³/mol. The van der Waals surface area contributed by atoms with E-state index >= 15 is 0 Å². The van der Waals surface area contributed by atoms with E-state index in [0.717, 1.165) is 24.3 Å². The molecule has 6 heterocycles. The van der Waals surface area contributed by atoms with E-state index in [0.29, 0.717) is 23.8 Å². The molecule has 0 spiro atoms. The SMILES string of the molecule is Cc1c(-c2[nH]c3sc([C@@H]4CC5CC4CN5Cc4ccc[nH]c4=O)c(C)c3c2C(C)C)cn2ncnc2c1C. The van der Waals surface area contributed by atoms with E-state index in [1.165, 1.54) is 56.6 Å². The van der Waals surface area contributed by atoms with Crippen molar-refractivity contribution in [2.24, 2.45) is 5.92 Å². The number of nitrogens with one attached hydrogen (secondary N) is 2. The zero-order valence-electron chi connectivity index (χ0n) is 22.6. The van der Waals surface area contributed by atoms with Crippen molar-refractivity contribution in [1.82, 2.24) is 29.5 Å². The first-order valence-electron chi connectivity index (χ1n) is 13.7. The van der Waals surface area contributed by atoms with Crippen molar-refractivity contribution in [3.05, 3.63) is 73.9 Å². The third kappa shape index (κ3) is 3.46. The summed E-state index contributed by atoms with van der Waals surface area (Å²) in [5, 5.41) is 5.85. The fourth-order valence-electron chi connectivity index (χ4n) is 7.21. The van der Waals surface area contributed by atoms with Crippen LogP contribution < -0.4 is 5.56 Å². The topological polar surface area (TPSA) is 82.1 Å². The molecule has 8 heteroatoms. The molecular formula is C30H34N6OS. The third-order valence-electron chi connectivity index (χ3n) is 9.20. The zero-order chi connectivity index (χ0) is 26.3. The van der Waals surface area contributed by atoms with Gasteiger partial charge in [-0.05, 0) is 79.7 Å². The van der Waals surface area contributed by atoms with Gasteiger partial charge in [0.2, 0.25) is 0 Å². The molecule has 1 saturated heterocycles. The smallest absolute Gasteiger partial charge is 0.252 e. The third-order valence-corrected chi connectivity index (χ3v) is 10.5. The molecule has 2 fully saturated rings. The number of hydrogen-bond acceptors (Lipinski definition) is 5. The highest BCUT2D eigenvalue weighted by atomic mass is 32.1. The van der Waals surface area contributed by atoms with E-state index in [2.05, 4.69) is 65.8 Å². The fraction of sp³-hybridized carbons (Fsp3) is 0.433. The Morgan fingerprint density at radius 1 is 1.16 bits per heavy atom. The zero-order valence-corrected chi connectivity index (χ0v) is 23.4.